The van der Waals surface area contributed by atoms with Crippen molar-refractivity contribution < 1.29 is 9.53 Å². The highest BCUT2D eigenvalue weighted by atomic mass is 32.1. The zero-order chi connectivity index (χ0) is 22.3. The monoisotopic (exact) mass is 450 g/mol. The van der Waals surface area contributed by atoms with Crippen molar-refractivity contribution in [2.45, 2.75) is 32.9 Å². The van der Waals surface area contributed by atoms with Crippen molar-refractivity contribution in [3.05, 3.63) is 71.2 Å². The minimum atomic E-state index is -0.193. The maximum atomic E-state index is 12.9. The molecule has 1 N–H and O–H groups in total. The summed E-state index contributed by atoms with van der Waals surface area (Å²) >= 11 is 1.69. The molecule has 6 nitrogen and oxygen atoms in total. The number of thiazole rings is 1. The van der Waals surface area contributed by atoms with Gasteiger partial charge in [-0.3, -0.25) is 9.69 Å². The lowest BCUT2D eigenvalue weighted by molar-refractivity contribution is -0.120. The second-order valence-electron chi connectivity index (χ2n) is 8.11. The molecule has 1 amide bonds. The van der Waals surface area contributed by atoms with E-state index >= 15 is 0 Å². The van der Waals surface area contributed by atoms with Gasteiger partial charge >= 0.3 is 0 Å². The summed E-state index contributed by atoms with van der Waals surface area (Å²) in [6.07, 6.45) is 1.02. The summed E-state index contributed by atoms with van der Waals surface area (Å²) in [6.45, 7) is 8.14. The highest BCUT2D eigenvalue weighted by Crippen LogP contribution is 2.22. The maximum Gasteiger partial charge on any atom is 0.241 e. The average molecular weight is 451 g/mol. The van der Waals surface area contributed by atoms with Crippen molar-refractivity contribution in [1.82, 2.24) is 9.88 Å². The number of aromatic nitrogens is 1. The van der Waals surface area contributed by atoms with Crippen molar-refractivity contribution >= 4 is 28.1 Å². The van der Waals surface area contributed by atoms with Crippen LogP contribution in [-0.4, -0.2) is 48.0 Å². The van der Waals surface area contributed by atoms with Gasteiger partial charge in [0.05, 0.1) is 11.7 Å². The highest BCUT2D eigenvalue weighted by molar-refractivity contribution is 7.13. The van der Waals surface area contributed by atoms with Crippen LogP contribution >= 0.6 is 11.3 Å². The molecule has 2 aromatic carbocycles. The SMILES string of the molecule is Cc1csc(N2CCCN(C(C)C(=O)Nc3ccc(OCc4ccccc4)cc3)CC2)n1. The Morgan fingerprint density at radius 1 is 1.09 bits per heavy atom. The molecule has 4 rings (SSSR count). The fraction of sp³-hybridized carbons (Fsp3) is 0.360. The van der Waals surface area contributed by atoms with Crippen molar-refractivity contribution in [1.29, 1.82) is 0 Å². The van der Waals surface area contributed by atoms with Gasteiger partial charge in [-0.2, -0.15) is 0 Å². The first kappa shape index (κ1) is 22.3. The van der Waals surface area contributed by atoms with E-state index in [1.165, 1.54) is 0 Å². The van der Waals surface area contributed by atoms with Crippen LogP contribution in [0.25, 0.3) is 0 Å². The number of aryl methyl sites for hydroxylation is 1. The van der Waals surface area contributed by atoms with Crippen LogP contribution < -0.4 is 15.0 Å². The normalized spacial score (nSPS) is 15.8. The summed E-state index contributed by atoms with van der Waals surface area (Å²) in [4.78, 5) is 22.1. The quantitative estimate of drug-likeness (QED) is 0.571. The minimum absolute atomic E-state index is 0.0153. The molecular formula is C25H30N4O2S. The summed E-state index contributed by atoms with van der Waals surface area (Å²) in [7, 11) is 0. The topological polar surface area (TPSA) is 57.7 Å². The molecule has 1 fully saturated rings. The molecule has 2 heterocycles. The van der Waals surface area contributed by atoms with E-state index in [0.717, 1.165) is 60.4 Å². The standard InChI is InChI=1S/C25H30N4O2S/c1-19-18-32-25(26-19)29-14-6-13-28(15-16-29)20(2)24(30)27-22-9-11-23(12-10-22)31-17-21-7-4-3-5-8-21/h3-5,7-12,18,20H,6,13-17H2,1-2H3,(H,27,30). The highest BCUT2D eigenvalue weighted by Gasteiger charge is 2.25. The van der Waals surface area contributed by atoms with Crippen LogP contribution in [0, 0.1) is 6.92 Å². The number of carbonyl (C=O) groups excluding carboxylic acids is 1. The Kier molecular flexibility index (Phi) is 7.39. The van der Waals surface area contributed by atoms with Crippen molar-refractivity contribution in [2.24, 2.45) is 0 Å². The zero-order valence-corrected chi connectivity index (χ0v) is 19.5. The van der Waals surface area contributed by atoms with Crippen LogP contribution in [-0.2, 0) is 11.4 Å². The van der Waals surface area contributed by atoms with Crippen LogP contribution in [0.4, 0.5) is 10.8 Å². The zero-order valence-electron chi connectivity index (χ0n) is 18.7. The summed E-state index contributed by atoms with van der Waals surface area (Å²) < 4.78 is 5.83. The van der Waals surface area contributed by atoms with Crippen molar-refractivity contribution in [3.63, 3.8) is 0 Å². The summed E-state index contributed by atoms with van der Waals surface area (Å²) in [6, 6.07) is 17.4. The second-order valence-corrected chi connectivity index (χ2v) is 8.95. The van der Waals surface area contributed by atoms with Gasteiger partial charge in [0.1, 0.15) is 12.4 Å². The molecular weight excluding hydrogens is 420 g/mol. The van der Waals surface area contributed by atoms with E-state index in [9.17, 15) is 4.79 Å². The third kappa shape index (κ3) is 5.87. The molecule has 1 saturated heterocycles. The van der Waals surface area contributed by atoms with Gasteiger partial charge in [0, 0.05) is 37.2 Å². The minimum Gasteiger partial charge on any atom is -0.489 e. The Morgan fingerprint density at radius 2 is 1.88 bits per heavy atom. The number of benzene rings is 2. The Morgan fingerprint density at radius 3 is 2.59 bits per heavy atom. The average Bonchev–Trinajstić information content (AvgIpc) is 3.10. The number of nitrogens with zero attached hydrogens (tertiary/aromatic N) is 3. The van der Waals surface area contributed by atoms with Crippen molar-refractivity contribution in [2.75, 3.05) is 36.4 Å². The summed E-state index contributed by atoms with van der Waals surface area (Å²) in [5, 5.41) is 6.22. The first-order chi connectivity index (χ1) is 15.6. The van der Waals surface area contributed by atoms with Gasteiger partial charge in [-0.1, -0.05) is 30.3 Å². The van der Waals surface area contributed by atoms with Crippen LogP contribution in [0.1, 0.15) is 24.6 Å². The lowest BCUT2D eigenvalue weighted by atomic mass is 10.2. The Labute approximate surface area is 193 Å². The molecule has 0 bridgehead atoms. The molecule has 32 heavy (non-hydrogen) atoms. The van der Waals surface area contributed by atoms with Crippen LogP contribution in [0.15, 0.2) is 60.0 Å². The molecule has 1 aliphatic rings. The predicted molar refractivity (Wildman–Crippen MR) is 131 cm³/mol. The molecule has 0 saturated carbocycles. The van der Waals surface area contributed by atoms with Crippen molar-refractivity contribution in [3.8, 4) is 5.75 Å². The number of anilines is 2. The molecule has 1 aromatic heterocycles. The third-order valence-electron chi connectivity index (χ3n) is 5.71. The van der Waals surface area contributed by atoms with Gasteiger partial charge in [-0.15, -0.1) is 11.3 Å². The van der Waals surface area contributed by atoms with E-state index in [2.05, 4.69) is 25.5 Å². The Bertz CT molecular complexity index is 1010. The molecule has 0 aliphatic carbocycles. The van der Waals surface area contributed by atoms with E-state index in [0.29, 0.717) is 6.61 Å². The molecule has 168 valence electrons. The number of amides is 1. The van der Waals surface area contributed by atoms with E-state index in [1.54, 1.807) is 11.3 Å². The molecule has 0 spiro atoms. The predicted octanol–water partition coefficient (Wildman–Crippen LogP) is 4.57. The van der Waals surface area contributed by atoms with E-state index < -0.39 is 0 Å². The number of rotatable bonds is 7. The molecule has 7 heteroatoms. The van der Waals surface area contributed by atoms with Gasteiger partial charge in [-0.05, 0) is 50.1 Å². The first-order valence-corrected chi connectivity index (χ1v) is 12.0. The first-order valence-electron chi connectivity index (χ1n) is 11.1. The smallest absolute Gasteiger partial charge is 0.241 e. The largest absolute Gasteiger partial charge is 0.489 e. The van der Waals surface area contributed by atoms with Crippen LogP contribution in [0.2, 0.25) is 0 Å². The third-order valence-corrected chi connectivity index (χ3v) is 6.72. The molecule has 0 radical (unpaired) electrons. The molecule has 3 aromatic rings. The number of hydrogen-bond acceptors (Lipinski definition) is 6. The van der Waals surface area contributed by atoms with Gasteiger partial charge in [0.2, 0.25) is 5.91 Å². The fourth-order valence-corrected chi connectivity index (χ4v) is 4.65. The second kappa shape index (κ2) is 10.6. The lowest BCUT2D eigenvalue weighted by Crippen LogP contribution is -2.43. The maximum absolute atomic E-state index is 12.9. The fourth-order valence-electron chi connectivity index (χ4n) is 3.79. The molecule has 1 aliphatic heterocycles. The number of ether oxygens (including phenoxy) is 1. The molecule has 1 atom stereocenters. The Balaban J connectivity index is 1.27. The van der Waals surface area contributed by atoms with Gasteiger partial charge in [0.25, 0.3) is 0 Å². The van der Waals surface area contributed by atoms with E-state index in [1.807, 2.05) is 68.4 Å². The number of hydrogen-bond donors (Lipinski definition) is 1. The summed E-state index contributed by atoms with van der Waals surface area (Å²) in [5.74, 6) is 0.798. The van der Waals surface area contributed by atoms with Gasteiger partial charge < -0.3 is 15.0 Å². The van der Waals surface area contributed by atoms with Gasteiger partial charge in [0.15, 0.2) is 5.13 Å². The van der Waals surface area contributed by atoms with Crippen LogP contribution in [0.5, 0.6) is 5.75 Å². The number of nitrogens with one attached hydrogen (secondary N) is 1. The summed E-state index contributed by atoms with van der Waals surface area (Å²) in [5.41, 5.74) is 2.97. The van der Waals surface area contributed by atoms with Gasteiger partial charge in [-0.25, -0.2) is 4.98 Å². The molecule has 1 unspecified atom stereocenters. The van der Waals surface area contributed by atoms with Crippen LogP contribution in [0.3, 0.4) is 0 Å². The van der Waals surface area contributed by atoms with E-state index in [4.69, 9.17) is 4.74 Å². The lowest BCUT2D eigenvalue weighted by Gasteiger charge is -2.27. The van der Waals surface area contributed by atoms with E-state index in [-0.39, 0.29) is 11.9 Å². The Hall–Kier alpha value is -2.90. The number of carbonyl (C=O) groups is 1.